The Bertz CT molecular complexity index is 530. The average Bonchev–Trinajstić information content (AvgIpc) is 2.53. The lowest BCUT2D eigenvalue weighted by Crippen LogP contribution is -2.58. The van der Waals surface area contributed by atoms with Crippen LogP contribution in [0.2, 0.25) is 0 Å². The van der Waals surface area contributed by atoms with Gasteiger partial charge in [-0.15, -0.1) is 0 Å². The largest absolute Gasteiger partial charge is 0.338 e. The van der Waals surface area contributed by atoms with E-state index in [0.717, 1.165) is 0 Å². The second kappa shape index (κ2) is 6.92. The van der Waals surface area contributed by atoms with Crippen LogP contribution in [0.25, 0.3) is 0 Å². The molecular weight excluding hydrogens is 278 g/mol. The first kappa shape index (κ1) is 16.5. The highest BCUT2D eigenvalue weighted by molar-refractivity contribution is 5.94. The van der Waals surface area contributed by atoms with Gasteiger partial charge in [0.05, 0.1) is 6.04 Å². The van der Waals surface area contributed by atoms with Crippen molar-refractivity contribution in [1.29, 1.82) is 0 Å². The topological polar surface area (TPSA) is 66.6 Å². The van der Waals surface area contributed by atoms with Crippen LogP contribution in [0.4, 0.5) is 0 Å². The zero-order chi connectivity index (χ0) is 16.3. The number of benzene rings is 1. The van der Waals surface area contributed by atoms with Crippen molar-refractivity contribution in [3.8, 4) is 0 Å². The number of hydrogen-bond acceptors (Lipinski definition) is 3. The van der Waals surface area contributed by atoms with Crippen LogP contribution < -0.4 is 5.73 Å². The summed E-state index contributed by atoms with van der Waals surface area (Å²) in [7, 11) is 0. The van der Waals surface area contributed by atoms with E-state index in [4.69, 9.17) is 5.73 Å². The van der Waals surface area contributed by atoms with Crippen LogP contribution in [-0.2, 0) is 4.79 Å². The molecule has 120 valence electrons. The second-order valence-corrected chi connectivity index (χ2v) is 6.27. The van der Waals surface area contributed by atoms with Crippen molar-refractivity contribution in [3.63, 3.8) is 0 Å². The highest BCUT2D eigenvalue weighted by atomic mass is 16.2. The fraction of sp³-hybridized carbons (Fsp3) is 0.529. The Morgan fingerprint density at radius 1 is 1.18 bits per heavy atom. The van der Waals surface area contributed by atoms with Gasteiger partial charge >= 0.3 is 0 Å². The van der Waals surface area contributed by atoms with E-state index in [-0.39, 0.29) is 23.8 Å². The lowest BCUT2D eigenvalue weighted by molar-refractivity contribution is -0.136. The second-order valence-electron chi connectivity index (χ2n) is 6.27. The molecule has 5 nitrogen and oxygen atoms in total. The maximum atomic E-state index is 12.5. The van der Waals surface area contributed by atoms with Crippen molar-refractivity contribution in [2.75, 3.05) is 19.6 Å². The number of carbonyl (C=O) groups is 2. The third kappa shape index (κ3) is 3.47. The lowest BCUT2D eigenvalue weighted by atomic mass is 10.0. The molecule has 2 atom stereocenters. The first-order valence-corrected chi connectivity index (χ1v) is 7.82. The van der Waals surface area contributed by atoms with Crippen LogP contribution in [0.15, 0.2) is 30.3 Å². The number of piperazine rings is 1. The Morgan fingerprint density at radius 2 is 1.82 bits per heavy atom. The van der Waals surface area contributed by atoms with Crippen molar-refractivity contribution < 1.29 is 9.59 Å². The molecule has 2 rings (SSSR count). The lowest BCUT2D eigenvalue weighted by Gasteiger charge is -2.41. The van der Waals surface area contributed by atoms with E-state index in [9.17, 15) is 9.59 Å². The van der Waals surface area contributed by atoms with Gasteiger partial charge in [0.15, 0.2) is 0 Å². The molecule has 1 aromatic rings. The van der Waals surface area contributed by atoms with Crippen LogP contribution in [0, 0.1) is 5.92 Å². The molecule has 0 aliphatic carbocycles. The van der Waals surface area contributed by atoms with E-state index in [1.807, 2.05) is 56.0 Å². The van der Waals surface area contributed by atoms with E-state index < -0.39 is 6.04 Å². The number of nitrogens with zero attached hydrogens (tertiary/aromatic N) is 2. The van der Waals surface area contributed by atoms with Crippen molar-refractivity contribution in [2.45, 2.75) is 32.9 Å². The molecule has 1 fully saturated rings. The zero-order valence-electron chi connectivity index (χ0n) is 13.5. The summed E-state index contributed by atoms with van der Waals surface area (Å²) in [6.45, 7) is 7.50. The molecule has 0 aromatic heterocycles. The number of rotatable bonds is 3. The molecule has 1 aliphatic rings. The first-order chi connectivity index (χ1) is 10.4. The molecule has 2 amide bonds. The minimum atomic E-state index is -0.469. The summed E-state index contributed by atoms with van der Waals surface area (Å²) in [5.41, 5.74) is 6.64. The first-order valence-electron chi connectivity index (χ1n) is 7.82. The quantitative estimate of drug-likeness (QED) is 0.916. The Kier molecular flexibility index (Phi) is 5.19. The normalized spacial score (nSPS) is 20.1. The molecule has 0 radical (unpaired) electrons. The van der Waals surface area contributed by atoms with Gasteiger partial charge in [0.1, 0.15) is 0 Å². The summed E-state index contributed by atoms with van der Waals surface area (Å²) >= 11 is 0. The highest BCUT2D eigenvalue weighted by Gasteiger charge is 2.32. The van der Waals surface area contributed by atoms with Gasteiger partial charge in [0, 0.05) is 31.2 Å². The van der Waals surface area contributed by atoms with Crippen molar-refractivity contribution in [2.24, 2.45) is 11.7 Å². The molecule has 1 heterocycles. The third-order valence-corrected chi connectivity index (χ3v) is 4.22. The van der Waals surface area contributed by atoms with Gasteiger partial charge in [-0.1, -0.05) is 32.0 Å². The number of hydrogen-bond donors (Lipinski definition) is 1. The van der Waals surface area contributed by atoms with E-state index in [1.165, 1.54) is 0 Å². The molecule has 2 unspecified atom stereocenters. The van der Waals surface area contributed by atoms with E-state index in [2.05, 4.69) is 0 Å². The fourth-order valence-electron chi connectivity index (χ4n) is 2.70. The number of nitrogens with two attached hydrogens (primary N) is 1. The SMILES string of the molecule is CC(C)C(N)C(=O)N1CCN(C(=O)c2ccccc2)C(C)C1. The molecule has 1 saturated heterocycles. The average molecular weight is 303 g/mol. The van der Waals surface area contributed by atoms with Crippen LogP contribution in [-0.4, -0.2) is 53.3 Å². The van der Waals surface area contributed by atoms with E-state index >= 15 is 0 Å². The smallest absolute Gasteiger partial charge is 0.254 e. The maximum Gasteiger partial charge on any atom is 0.254 e. The summed E-state index contributed by atoms with van der Waals surface area (Å²) in [5, 5.41) is 0. The Balaban J connectivity index is 2.01. The molecule has 2 N–H and O–H groups in total. The summed E-state index contributed by atoms with van der Waals surface area (Å²) in [4.78, 5) is 28.5. The summed E-state index contributed by atoms with van der Waals surface area (Å²) in [5.74, 6) is 0.119. The zero-order valence-corrected chi connectivity index (χ0v) is 13.5. The van der Waals surface area contributed by atoms with E-state index in [1.54, 1.807) is 4.90 Å². The summed E-state index contributed by atoms with van der Waals surface area (Å²) in [6, 6.07) is 8.78. The number of carbonyl (C=O) groups excluding carboxylic acids is 2. The van der Waals surface area contributed by atoms with E-state index in [0.29, 0.717) is 25.2 Å². The van der Waals surface area contributed by atoms with Crippen LogP contribution >= 0.6 is 0 Å². The summed E-state index contributed by atoms with van der Waals surface area (Å²) < 4.78 is 0. The van der Waals surface area contributed by atoms with Crippen LogP contribution in [0.3, 0.4) is 0 Å². The highest BCUT2D eigenvalue weighted by Crippen LogP contribution is 2.15. The Morgan fingerprint density at radius 3 is 2.36 bits per heavy atom. The molecule has 1 aromatic carbocycles. The molecular formula is C17H25N3O2. The predicted octanol–water partition coefficient (Wildman–Crippen LogP) is 1.34. The van der Waals surface area contributed by atoms with Gasteiger partial charge in [-0.25, -0.2) is 0 Å². The minimum absolute atomic E-state index is 0.00947. The monoisotopic (exact) mass is 303 g/mol. The third-order valence-electron chi connectivity index (χ3n) is 4.22. The fourth-order valence-corrected chi connectivity index (χ4v) is 2.70. The molecule has 22 heavy (non-hydrogen) atoms. The molecule has 0 spiro atoms. The Hall–Kier alpha value is -1.88. The van der Waals surface area contributed by atoms with Crippen molar-refractivity contribution in [3.05, 3.63) is 35.9 Å². The molecule has 0 bridgehead atoms. The standard InChI is InChI=1S/C17H25N3O2/c1-12(2)15(18)17(22)19-9-10-20(13(3)11-19)16(21)14-7-5-4-6-8-14/h4-8,12-13,15H,9-11,18H2,1-3H3. The van der Waals surface area contributed by atoms with Crippen molar-refractivity contribution >= 4 is 11.8 Å². The maximum absolute atomic E-state index is 12.5. The van der Waals surface area contributed by atoms with Crippen molar-refractivity contribution in [1.82, 2.24) is 9.80 Å². The number of amides is 2. The predicted molar refractivity (Wildman–Crippen MR) is 86.3 cm³/mol. The molecule has 1 aliphatic heterocycles. The van der Waals surface area contributed by atoms with Crippen LogP contribution in [0.5, 0.6) is 0 Å². The van der Waals surface area contributed by atoms with Gasteiger partial charge in [0.2, 0.25) is 5.91 Å². The molecule has 5 heteroatoms. The van der Waals surface area contributed by atoms with Gasteiger partial charge in [-0.3, -0.25) is 9.59 Å². The Labute approximate surface area is 132 Å². The summed E-state index contributed by atoms with van der Waals surface area (Å²) in [6.07, 6.45) is 0. The van der Waals surface area contributed by atoms with Gasteiger partial charge in [-0.05, 0) is 25.0 Å². The van der Waals surface area contributed by atoms with Gasteiger partial charge in [0.25, 0.3) is 5.91 Å². The minimum Gasteiger partial charge on any atom is -0.338 e. The van der Waals surface area contributed by atoms with Gasteiger partial charge < -0.3 is 15.5 Å². The molecule has 0 saturated carbocycles. The van der Waals surface area contributed by atoms with Crippen LogP contribution in [0.1, 0.15) is 31.1 Å². The van der Waals surface area contributed by atoms with Gasteiger partial charge in [-0.2, -0.15) is 0 Å².